The molecule has 1 aromatic carbocycles. The number of nitrogens with zero attached hydrogens (tertiary/aromatic N) is 2. The van der Waals surface area contributed by atoms with Crippen LogP contribution >= 0.6 is 11.3 Å². The fourth-order valence-electron chi connectivity index (χ4n) is 3.02. The molecule has 0 amide bonds. The summed E-state index contributed by atoms with van der Waals surface area (Å²) < 4.78 is 6.01. The van der Waals surface area contributed by atoms with Crippen LogP contribution in [0.1, 0.15) is 16.8 Å². The average molecular weight is 318 g/mol. The predicted octanol–water partition coefficient (Wildman–Crippen LogP) is 2.26. The molecule has 0 spiro atoms. The molecule has 1 aliphatic rings. The third kappa shape index (κ3) is 3.55. The molecule has 1 saturated heterocycles. The molecule has 0 bridgehead atoms. The van der Waals surface area contributed by atoms with Gasteiger partial charge in [0.25, 0.3) is 0 Å². The minimum atomic E-state index is -0.514. The lowest BCUT2D eigenvalue weighted by Gasteiger charge is -2.42. The Morgan fingerprint density at radius 3 is 3.00 bits per heavy atom. The molecule has 0 radical (unpaired) electrons. The molecule has 4 nitrogen and oxygen atoms in total. The molecule has 3 rings (SSSR count). The Morgan fingerprint density at radius 2 is 2.27 bits per heavy atom. The van der Waals surface area contributed by atoms with Crippen molar-refractivity contribution in [3.05, 3.63) is 52.0 Å². The van der Waals surface area contributed by atoms with E-state index >= 15 is 0 Å². The SMILES string of the molecule is Cc1ccccc1CC1(CO)CN(Cc2cscn2)CCO1. The van der Waals surface area contributed by atoms with E-state index in [-0.39, 0.29) is 6.61 Å². The van der Waals surface area contributed by atoms with Gasteiger partial charge >= 0.3 is 0 Å². The van der Waals surface area contributed by atoms with Crippen molar-refractivity contribution in [2.24, 2.45) is 0 Å². The highest BCUT2D eigenvalue weighted by atomic mass is 32.1. The first-order valence-electron chi connectivity index (χ1n) is 7.59. The van der Waals surface area contributed by atoms with E-state index in [2.05, 4.69) is 34.3 Å². The second kappa shape index (κ2) is 6.87. The third-order valence-electron chi connectivity index (χ3n) is 4.26. The first-order valence-corrected chi connectivity index (χ1v) is 8.54. The molecule has 2 heterocycles. The second-order valence-corrected chi connectivity index (χ2v) is 6.70. The molecule has 5 heteroatoms. The number of hydrogen-bond donors (Lipinski definition) is 1. The van der Waals surface area contributed by atoms with Crippen LogP contribution in [0.25, 0.3) is 0 Å². The van der Waals surface area contributed by atoms with Crippen molar-refractivity contribution < 1.29 is 9.84 Å². The van der Waals surface area contributed by atoms with E-state index < -0.39 is 5.60 Å². The van der Waals surface area contributed by atoms with Crippen LogP contribution in [0.2, 0.25) is 0 Å². The molecule has 1 fully saturated rings. The maximum absolute atomic E-state index is 9.97. The van der Waals surface area contributed by atoms with E-state index in [1.54, 1.807) is 11.3 Å². The summed E-state index contributed by atoms with van der Waals surface area (Å²) in [6.45, 7) is 5.23. The van der Waals surface area contributed by atoms with Crippen molar-refractivity contribution in [1.82, 2.24) is 9.88 Å². The molecule has 1 unspecified atom stereocenters. The Kier molecular flexibility index (Phi) is 4.88. The van der Waals surface area contributed by atoms with Gasteiger partial charge in [-0.2, -0.15) is 0 Å². The van der Waals surface area contributed by atoms with E-state index in [1.807, 2.05) is 17.6 Å². The van der Waals surface area contributed by atoms with Crippen LogP contribution in [0, 0.1) is 6.92 Å². The highest BCUT2D eigenvalue weighted by Gasteiger charge is 2.36. The summed E-state index contributed by atoms with van der Waals surface area (Å²) in [6, 6.07) is 8.32. The predicted molar refractivity (Wildman–Crippen MR) is 88.0 cm³/mol. The van der Waals surface area contributed by atoms with Gasteiger partial charge in [-0.3, -0.25) is 4.90 Å². The lowest BCUT2D eigenvalue weighted by molar-refractivity contribution is -0.134. The fourth-order valence-corrected chi connectivity index (χ4v) is 3.57. The van der Waals surface area contributed by atoms with Crippen molar-refractivity contribution in [2.75, 3.05) is 26.3 Å². The fraction of sp³-hybridized carbons (Fsp3) is 0.471. The number of rotatable bonds is 5. The summed E-state index contributed by atoms with van der Waals surface area (Å²) in [5.41, 5.74) is 4.93. The maximum Gasteiger partial charge on any atom is 0.108 e. The summed E-state index contributed by atoms with van der Waals surface area (Å²) >= 11 is 1.62. The number of thiazole rings is 1. The standard InChI is InChI=1S/C17H22N2O2S/c1-14-4-2-3-5-15(14)8-17(12-20)11-19(6-7-21-17)9-16-10-22-13-18-16/h2-5,10,13,20H,6-9,11-12H2,1H3. The Morgan fingerprint density at radius 1 is 1.41 bits per heavy atom. The van der Waals surface area contributed by atoms with Crippen LogP contribution in [-0.2, 0) is 17.7 Å². The van der Waals surface area contributed by atoms with Gasteiger partial charge in [0.2, 0.25) is 0 Å². The number of ether oxygens (including phenoxy) is 1. The number of morpholine rings is 1. The minimum Gasteiger partial charge on any atom is -0.393 e. The molecule has 2 aromatic rings. The van der Waals surface area contributed by atoms with Gasteiger partial charge in [-0.15, -0.1) is 11.3 Å². The number of aromatic nitrogens is 1. The lowest BCUT2D eigenvalue weighted by atomic mass is 9.91. The molecule has 1 aliphatic heterocycles. The van der Waals surface area contributed by atoms with Crippen molar-refractivity contribution in [3.63, 3.8) is 0 Å². The zero-order valence-corrected chi connectivity index (χ0v) is 13.7. The van der Waals surface area contributed by atoms with Gasteiger partial charge in [-0.1, -0.05) is 24.3 Å². The van der Waals surface area contributed by atoms with Gasteiger partial charge in [0.05, 0.1) is 24.4 Å². The number of aliphatic hydroxyl groups excluding tert-OH is 1. The van der Waals surface area contributed by atoms with Gasteiger partial charge in [0.1, 0.15) is 5.60 Å². The number of aryl methyl sites for hydroxylation is 1. The smallest absolute Gasteiger partial charge is 0.108 e. The van der Waals surface area contributed by atoms with E-state index in [0.717, 1.165) is 31.7 Å². The Bertz CT molecular complexity index is 602. The molecular weight excluding hydrogens is 296 g/mol. The second-order valence-electron chi connectivity index (χ2n) is 5.98. The highest BCUT2D eigenvalue weighted by Crippen LogP contribution is 2.25. The molecule has 118 valence electrons. The molecule has 1 atom stereocenters. The van der Waals surface area contributed by atoms with Crippen molar-refractivity contribution >= 4 is 11.3 Å². The van der Waals surface area contributed by atoms with E-state index in [0.29, 0.717) is 6.61 Å². The normalized spacial score (nSPS) is 22.8. The zero-order chi connectivity index (χ0) is 15.4. The topological polar surface area (TPSA) is 45.6 Å². The van der Waals surface area contributed by atoms with E-state index in [1.165, 1.54) is 11.1 Å². The molecule has 22 heavy (non-hydrogen) atoms. The van der Waals surface area contributed by atoms with Crippen LogP contribution in [0.15, 0.2) is 35.2 Å². The molecular formula is C17H22N2O2S. The van der Waals surface area contributed by atoms with Crippen LogP contribution in [-0.4, -0.2) is 46.9 Å². The largest absolute Gasteiger partial charge is 0.393 e. The summed E-state index contributed by atoms with van der Waals surface area (Å²) in [4.78, 5) is 6.68. The molecule has 1 aromatic heterocycles. The van der Waals surface area contributed by atoms with Crippen LogP contribution in [0.4, 0.5) is 0 Å². The van der Waals surface area contributed by atoms with Gasteiger partial charge in [-0.05, 0) is 18.1 Å². The minimum absolute atomic E-state index is 0.0366. The number of aliphatic hydroxyl groups is 1. The van der Waals surface area contributed by atoms with Gasteiger partial charge in [-0.25, -0.2) is 4.98 Å². The zero-order valence-electron chi connectivity index (χ0n) is 12.9. The lowest BCUT2D eigenvalue weighted by Crippen LogP contribution is -2.55. The maximum atomic E-state index is 9.97. The number of benzene rings is 1. The summed E-state index contributed by atoms with van der Waals surface area (Å²) in [5, 5.41) is 12.1. The summed E-state index contributed by atoms with van der Waals surface area (Å²) in [6.07, 6.45) is 0.740. The summed E-state index contributed by atoms with van der Waals surface area (Å²) in [5.74, 6) is 0. The Hall–Kier alpha value is -1.27. The Balaban J connectivity index is 1.72. The van der Waals surface area contributed by atoms with Crippen molar-refractivity contribution in [1.29, 1.82) is 0 Å². The first-order chi connectivity index (χ1) is 10.7. The quantitative estimate of drug-likeness (QED) is 0.918. The third-order valence-corrected chi connectivity index (χ3v) is 4.89. The van der Waals surface area contributed by atoms with Gasteiger partial charge < -0.3 is 9.84 Å². The van der Waals surface area contributed by atoms with E-state index in [9.17, 15) is 5.11 Å². The summed E-state index contributed by atoms with van der Waals surface area (Å²) in [7, 11) is 0. The van der Waals surface area contributed by atoms with Crippen LogP contribution in [0.5, 0.6) is 0 Å². The van der Waals surface area contributed by atoms with E-state index in [4.69, 9.17) is 4.74 Å². The van der Waals surface area contributed by atoms with Crippen LogP contribution in [0.3, 0.4) is 0 Å². The monoisotopic (exact) mass is 318 g/mol. The van der Waals surface area contributed by atoms with Crippen molar-refractivity contribution in [3.8, 4) is 0 Å². The van der Waals surface area contributed by atoms with Gasteiger partial charge in [0, 0.05) is 31.4 Å². The molecule has 0 saturated carbocycles. The van der Waals surface area contributed by atoms with Gasteiger partial charge in [0.15, 0.2) is 0 Å². The average Bonchev–Trinajstić information content (AvgIpc) is 3.03. The molecule has 1 N–H and O–H groups in total. The first kappa shape index (κ1) is 15.6. The van der Waals surface area contributed by atoms with Crippen molar-refractivity contribution in [2.45, 2.75) is 25.5 Å². The number of hydrogen-bond acceptors (Lipinski definition) is 5. The highest BCUT2D eigenvalue weighted by molar-refractivity contribution is 7.07. The van der Waals surface area contributed by atoms with Crippen LogP contribution < -0.4 is 0 Å². The Labute approximate surface area is 135 Å². The molecule has 0 aliphatic carbocycles.